The highest BCUT2D eigenvalue weighted by atomic mass is 16.2. The lowest BCUT2D eigenvalue weighted by Crippen LogP contribution is -2.36. The van der Waals surface area contributed by atoms with Gasteiger partial charge in [-0.05, 0) is 37.1 Å². The zero-order valence-corrected chi connectivity index (χ0v) is 9.33. The molecule has 5 heteroatoms. The van der Waals surface area contributed by atoms with E-state index in [1.165, 1.54) is 0 Å². The molecule has 1 rings (SSSR count). The Balaban J connectivity index is 2.56. The first-order valence-electron chi connectivity index (χ1n) is 4.89. The molecule has 0 aliphatic rings. The topological polar surface area (TPSA) is 84.2 Å². The molecule has 4 N–H and O–H groups in total. The summed E-state index contributed by atoms with van der Waals surface area (Å²) in [6.45, 7) is 3.84. The highest BCUT2D eigenvalue weighted by Gasteiger charge is 2.03. The number of benzene rings is 1. The van der Waals surface area contributed by atoms with Gasteiger partial charge in [0.2, 0.25) is 5.91 Å². The third-order valence-corrected chi connectivity index (χ3v) is 2.21. The Bertz CT molecular complexity index is 416. The van der Waals surface area contributed by atoms with Crippen molar-refractivity contribution in [1.82, 2.24) is 5.32 Å². The summed E-state index contributed by atoms with van der Waals surface area (Å²) in [5.41, 5.74) is 7.81. The Labute approximate surface area is 94.0 Å². The molecule has 0 heterocycles. The molecule has 0 bridgehead atoms. The molecule has 0 saturated heterocycles. The fourth-order valence-electron chi connectivity index (χ4n) is 1.19. The van der Waals surface area contributed by atoms with E-state index in [0.29, 0.717) is 5.69 Å². The van der Waals surface area contributed by atoms with Crippen molar-refractivity contribution in [1.29, 1.82) is 0 Å². The molecule has 0 saturated carbocycles. The number of aryl methyl sites for hydroxylation is 2. The number of carbonyl (C=O) groups excluding carboxylic acids is 2. The predicted molar refractivity (Wildman–Crippen MR) is 62.1 cm³/mol. The number of urea groups is 1. The second kappa shape index (κ2) is 5.16. The van der Waals surface area contributed by atoms with Crippen LogP contribution in [0.3, 0.4) is 0 Å². The van der Waals surface area contributed by atoms with Crippen molar-refractivity contribution >= 4 is 17.6 Å². The average molecular weight is 221 g/mol. The second-order valence-electron chi connectivity index (χ2n) is 3.57. The molecular formula is C11H15N3O2. The quantitative estimate of drug-likeness (QED) is 0.708. The van der Waals surface area contributed by atoms with Crippen LogP contribution in [0.25, 0.3) is 0 Å². The highest BCUT2D eigenvalue weighted by Crippen LogP contribution is 2.13. The van der Waals surface area contributed by atoms with E-state index in [4.69, 9.17) is 5.73 Å². The fraction of sp³-hybridized carbons (Fsp3) is 0.273. The van der Waals surface area contributed by atoms with E-state index in [1.54, 1.807) is 0 Å². The lowest BCUT2D eigenvalue weighted by atomic mass is 10.1. The number of primary amides is 1. The fourth-order valence-corrected chi connectivity index (χ4v) is 1.19. The maximum atomic E-state index is 11.3. The monoisotopic (exact) mass is 221 g/mol. The van der Waals surface area contributed by atoms with Crippen LogP contribution in [0.15, 0.2) is 18.2 Å². The van der Waals surface area contributed by atoms with Gasteiger partial charge in [0.1, 0.15) is 0 Å². The predicted octanol–water partition coefficient (Wildman–Crippen LogP) is 0.910. The van der Waals surface area contributed by atoms with Crippen molar-refractivity contribution in [3.8, 4) is 0 Å². The molecule has 0 aromatic heterocycles. The molecule has 16 heavy (non-hydrogen) atoms. The Morgan fingerprint density at radius 3 is 2.50 bits per heavy atom. The molecule has 0 aliphatic carbocycles. The normalized spacial score (nSPS) is 9.62. The van der Waals surface area contributed by atoms with Crippen LogP contribution in [-0.4, -0.2) is 18.5 Å². The molecule has 0 aliphatic heterocycles. The van der Waals surface area contributed by atoms with Crippen LogP contribution >= 0.6 is 0 Å². The summed E-state index contributed by atoms with van der Waals surface area (Å²) in [4.78, 5) is 21.7. The lowest BCUT2D eigenvalue weighted by Gasteiger charge is -2.07. The number of rotatable bonds is 3. The van der Waals surface area contributed by atoms with Gasteiger partial charge in [-0.15, -0.1) is 0 Å². The molecule has 0 atom stereocenters. The average Bonchev–Trinajstić information content (AvgIpc) is 2.21. The first-order chi connectivity index (χ1) is 7.49. The summed E-state index contributed by atoms with van der Waals surface area (Å²) >= 11 is 0. The van der Waals surface area contributed by atoms with Crippen LogP contribution in [0.2, 0.25) is 0 Å². The van der Waals surface area contributed by atoms with Gasteiger partial charge in [-0.2, -0.15) is 0 Å². The largest absolute Gasteiger partial charge is 0.352 e. The summed E-state index contributed by atoms with van der Waals surface area (Å²) in [6, 6.07) is 4.89. The number of carbonyl (C=O) groups is 2. The van der Waals surface area contributed by atoms with Crippen molar-refractivity contribution in [2.24, 2.45) is 5.73 Å². The molecule has 0 radical (unpaired) electrons. The molecule has 86 valence electrons. The van der Waals surface area contributed by atoms with Crippen LogP contribution in [0.5, 0.6) is 0 Å². The van der Waals surface area contributed by atoms with Crippen molar-refractivity contribution < 1.29 is 9.59 Å². The lowest BCUT2D eigenvalue weighted by molar-refractivity contribution is -0.115. The van der Waals surface area contributed by atoms with Gasteiger partial charge in [0.05, 0.1) is 6.54 Å². The summed E-state index contributed by atoms with van der Waals surface area (Å²) in [6.07, 6.45) is 0. The standard InChI is InChI=1S/C11H15N3O2/c1-7-3-4-9(5-8(7)2)14-10(15)6-13-11(12)16/h3-5H,6H2,1-2H3,(H,14,15)(H3,12,13,16). The summed E-state index contributed by atoms with van der Waals surface area (Å²) < 4.78 is 0. The maximum absolute atomic E-state index is 11.3. The Morgan fingerprint density at radius 2 is 1.94 bits per heavy atom. The van der Waals surface area contributed by atoms with E-state index in [-0.39, 0.29) is 12.5 Å². The first kappa shape index (κ1) is 12.0. The number of hydrogen-bond donors (Lipinski definition) is 3. The van der Waals surface area contributed by atoms with Crippen LogP contribution in [0, 0.1) is 13.8 Å². The molecule has 3 amide bonds. The summed E-state index contributed by atoms with van der Waals surface area (Å²) in [5.74, 6) is -0.304. The van der Waals surface area contributed by atoms with Gasteiger partial charge in [0, 0.05) is 5.69 Å². The molecule has 0 spiro atoms. The maximum Gasteiger partial charge on any atom is 0.312 e. The van der Waals surface area contributed by atoms with E-state index in [0.717, 1.165) is 11.1 Å². The highest BCUT2D eigenvalue weighted by molar-refractivity contribution is 5.94. The number of nitrogens with two attached hydrogens (primary N) is 1. The molecule has 0 unspecified atom stereocenters. The van der Waals surface area contributed by atoms with Crippen molar-refractivity contribution in [2.75, 3.05) is 11.9 Å². The summed E-state index contributed by atoms with van der Waals surface area (Å²) in [7, 11) is 0. The minimum atomic E-state index is -0.713. The van der Waals surface area contributed by atoms with Crippen molar-refractivity contribution in [2.45, 2.75) is 13.8 Å². The van der Waals surface area contributed by atoms with Crippen LogP contribution < -0.4 is 16.4 Å². The molecule has 5 nitrogen and oxygen atoms in total. The number of amides is 3. The Morgan fingerprint density at radius 1 is 1.25 bits per heavy atom. The van der Waals surface area contributed by atoms with Crippen LogP contribution in [0.1, 0.15) is 11.1 Å². The van der Waals surface area contributed by atoms with Crippen molar-refractivity contribution in [3.63, 3.8) is 0 Å². The van der Waals surface area contributed by atoms with E-state index in [9.17, 15) is 9.59 Å². The minimum absolute atomic E-state index is 0.123. The number of nitrogens with one attached hydrogen (secondary N) is 2. The molecule has 1 aromatic carbocycles. The van der Waals surface area contributed by atoms with Gasteiger partial charge >= 0.3 is 6.03 Å². The van der Waals surface area contributed by atoms with E-state index >= 15 is 0 Å². The first-order valence-corrected chi connectivity index (χ1v) is 4.89. The third-order valence-electron chi connectivity index (χ3n) is 2.21. The van der Waals surface area contributed by atoms with Crippen LogP contribution in [0.4, 0.5) is 10.5 Å². The molecule has 1 aromatic rings. The van der Waals surface area contributed by atoms with Crippen molar-refractivity contribution in [3.05, 3.63) is 29.3 Å². The summed E-state index contributed by atoms with van der Waals surface area (Å²) in [5, 5.41) is 4.87. The number of hydrogen-bond acceptors (Lipinski definition) is 2. The Kier molecular flexibility index (Phi) is 3.88. The van der Waals surface area contributed by atoms with Gasteiger partial charge in [-0.3, -0.25) is 4.79 Å². The van der Waals surface area contributed by atoms with Gasteiger partial charge in [-0.1, -0.05) is 6.07 Å². The van der Waals surface area contributed by atoms with E-state index in [2.05, 4.69) is 10.6 Å². The molecule has 0 fully saturated rings. The second-order valence-corrected chi connectivity index (χ2v) is 3.57. The van der Waals surface area contributed by atoms with Gasteiger partial charge in [0.15, 0.2) is 0 Å². The Hall–Kier alpha value is -2.04. The zero-order chi connectivity index (χ0) is 12.1. The zero-order valence-electron chi connectivity index (χ0n) is 9.33. The SMILES string of the molecule is Cc1ccc(NC(=O)CNC(N)=O)cc1C. The van der Waals surface area contributed by atoms with E-state index < -0.39 is 6.03 Å². The van der Waals surface area contributed by atoms with Crippen LogP contribution in [-0.2, 0) is 4.79 Å². The number of anilines is 1. The van der Waals surface area contributed by atoms with E-state index in [1.807, 2.05) is 32.0 Å². The van der Waals surface area contributed by atoms with Gasteiger partial charge < -0.3 is 16.4 Å². The van der Waals surface area contributed by atoms with Gasteiger partial charge in [-0.25, -0.2) is 4.79 Å². The molecular weight excluding hydrogens is 206 g/mol. The smallest absolute Gasteiger partial charge is 0.312 e. The third kappa shape index (κ3) is 3.61. The minimum Gasteiger partial charge on any atom is -0.352 e. The van der Waals surface area contributed by atoms with Gasteiger partial charge in [0.25, 0.3) is 0 Å².